The highest BCUT2D eigenvalue weighted by Crippen LogP contribution is 2.35. The van der Waals surface area contributed by atoms with Crippen molar-refractivity contribution < 1.29 is 4.52 Å². The number of aromatic nitrogens is 2. The summed E-state index contributed by atoms with van der Waals surface area (Å²) in [5, 5.41) is 4.50. The second-order valence-corrected chi connectivity index (χ2v) is 6.72. The second kappa shape index (κ2) is 5.94. The fraction of sp³-hybridized carbons (Fsp3) is 0.353. The zero-order valence-electron chi connectivity index (χ0n) is 13.3. The minimum absolute atomic E-state index is 0.335. The molecular formula is C17H17ClN4O2. The van der Waals surface area contributed by atoms with Gasteiger partial charge in [-0.1, -0.05) is 28.9 Å². The summed E-state index contributed by atoms with van der Waals surface area (Å²) in [5.74, 6) is 0.545. The Hall–Kier alpha value is -2.34. The number of nitrogens with zero attached hydrogens (tertiary/aromatic N) is 3. The largest absolute Gasteiger partial charge is 0.439 e. The first-order valence-corrected chi connectivity index (χ1v) is 8.30. The predicted octanol–water partition coefficient (Wildman–Crippen LogP) is 2.70. The van der Waals surface area contributed by atoms with Crippen LogP contribution in [0, 0.1) is 5.92 Å². The molecule has 0 amide bonds. The fourth-order valence-corrected chi connectivity index (χ4v) is 3.09. The number of nitrogens with one attached hydrogen (secondary N) is 1. The summed E-state index contributed by atoms with van der Waals surface area (Å²) in [6, 6.07) is 6.19. The number of rotatable bonds is 4. The minimum atomic E-state index is -0.589. The van der Waals surface area contributed by atoms with Gasteiger partial charge < -0.3 is 4.90 Å². The summed E-state index contributed by atoms with van der Waals surface area (Å²) in [6.07, 6.45) is 5.55. The van der Waals surface area contributed by atoms with Gasteiger partial charge in [0.15, 0.2) is 0 Å². The molecular weight excluding hydrogens is 328 g/mol. The first kappa shape index (κ1) is 15.2. The van der Waals surface area contributed by atoms with Crippen molar-refractivity contribution in [2.24, 2.45) is 10.9 Å². The van der Waals surface area contributed by atoms with Crippen LogP contribution in [-0.4, -0.2) is 34.5 Å². The van der Waals surface area contributed by atoms with E-state index >= 15 is 0 Å². The summed E-state index contributed by atoms with van der Waals surface area (Å²) < 4.78 is 4.56. The van der Waals surface area contributed by atoms with Crippen LogP contribution in [0.25, 0.3) is 5.70 Å². The summed E-state index contributed by atoms with van der Waals surface area (Å²) in [5.41, 5.74) is 3.79. The zero-order chi connectivity index (χ0) is 16.7. The van der Waals surface area contributed by atoms with Crippen LogP contribution >= 0.6 is 11.6 Å². The van der Waals surface area contributed by atoms with Gasteiger partial charge in [0.1, 0.15) is 12.4 Å². The normalized spacial score (nSPS) is 17.7. The quantitative estimate of drug-likeness (QED) is 0.925. The predicted molar refractivity (Wildman–Crippen MR) is 92.1 cm³/mol. The van der Waals surface area contributed by atoms with Crippen molar-refractivity contribution in [1.82, 2.24) is 15.0 Å². The lowest BCUT2D eigenvalue weighted by Crippen LogP contribution is -2.23. The van der Waals surface area contributed by atoms with Crippen LogP contribution in [0.3, 0.4) is 0 Å². The Balaban J connectivity index is 1.65. The molecule has 2 aromatic rings. The minimum Gasteiger partial charge on any atom is -0.355 e. The third-order valence-corrected chi connectivity index (χ3v) is 4.73. The van der Waals surface area contributed by atoms with Gasteiger partial charge in [-0.25, -0.2) is 4.79 Å². The molecule has 2 heterocycles. The summed E-state index contributed by atoms with van der Waals surface area (Å²) in [4.78, 5) is 20.1. The first-order valence-electron chi connectivity index (χ1n) is 7.92. The Bertz CT molecular complexity index is 892. The number of aromatic amines is 1. The molecule has 6 nitrogen and oxygen atoms in total. The summed E-state index contributed by atoms with van der Waals surface area (Å²) >= 11 is 6.47. The average Bonchev–Trinajstić information content (AvgIpc) is 3.28. The van der Waals surface area contributed by atoms with Gasteiger partial charge in [0.2, 0.25) is 5.82 Å². The van der Waals surface area contributed by atoms with Crippen LogP contribution in [0.5, 0.6) is 0 Å². The number of H-pyrrole nitrogens is 1. The molecule has 1 aliphatic heterocycles. The Morgan fingerprint density at radius 2 is 2.25 bits per heavy atom. The van der Waals surface area contributed by atoms with Crippen molar-refractivity contribution >= 4 is 23.0 Å². The van der Waals surface area contributed by atoms with Crippen LogP contribution in [-0.2, 0) is 6.42 Å². The molecule has 0 atom stereocenters. The molecule has 1 aromatic carbocycles. The third kappa shape index (κ3) is 3.01. The molecule has 1 N–H and O–H groups in total. The molecule has 1 aromatic heterocycles. The number of benzene rings is 1. The number of hydrogen-bond donors (Lipinski definition) is 1. The van der Waals surface area contributed by atoms with Crippen LogP contribution in [0.1, 0.15) is 29.8 Å². The standard InChI is InChI=1S/C17H17ClN4O2/c1-22-9-19-14(16-20-17(23)24-21-16)8-15(22)12-5-4-11(13(18)7-12)6-10-2-3-10/h4-5,7-8,10H,2-3,6,9H2,1H3,(H,20,21,23). The van der Waals surface area contributed by atoms with Gasteiger partial charge in [0.05, 0.1) is 0 Å². The van der Waals surface area contributed by atoms with Gasteiger partial charge in [-0.05, 0) is 48.4 Å². The van der Waals surface area contributed by atoms with Crippen molar-refractivity contribution in [1.29, 1.82) is 0 Å². The SMILES string of the molecule is CN1CN=C(c2noc(=O)[nH]2)C=C1c1ccc(CC2CC2)c(Cl)c1. The van der Waals surface area contributed by atoms with Gasteiger partial charge in [-0.2, -0.15) is 0 Å². The Morgan fingerprint density at radius 1 is 1.42 bits per heavy atom. The monoisotopic (exact) mass is 344 g/mol. The van der Waals surface area contributed by atoms with Gasteiger partial charge in [0.25, 0.3) is 0 Å². The lowest BCUT2D eigenvalue weighted by atomic mass is 10.0. The van der Waals surface area contributed by atoms with Gasteiger partial charge in [-0.3, -0.25) is 14.5 Å². The van der Waals surface area contributed by atoms with Gasteiger partial charge in [0, 0.05) is 17.8 Å². The number of hydrogen-bond acceptors (Lipinski definition) is 5. The lowest BCUT2D eigenvalue weighted by Gasteiger charge is -2.25. The second-order valence-electron chi connectivity index (χ2n) is 6.31. The topological polar surface area (TPSA) is 74.5 Å². The highest BCUT2D eigenvalue weighted by atomic mass is 35.5. The fourth-order valence-electron chi connectivity index (χ4n) is 2.84. The van der Waals surface area contributed by atoms with Crippen molar-refractivity contribution in [3.8, 4) is 0 Å². The van der Waals surface area contributed by atoms with Crippen molar-refractivity contribution in [2.75, 3.05) is 13.7 Å². The maximum atomic E-state index is 11.1. The van der Waals surface area contributed by atoms with Gasteiger partial charge >= 0.3 is 5.76 Å². The molecule has 1 saturated carbocycles. The molecule has 124 valence electrons. The van der Waals surface area contributed by atoms with Crippen LogP contribution in [0.15, 0.2) is 38.6 Å². The van der Waals surface area contributed by atoms with E-state index in [4.69, 9.17) is 11.6 Å². The van der Waals surface area contributed by atoms with E-state index in [1.165, 1.54) is 18.4 Å². The van der Waals surface area contributed by atoms with Gasteiger partial charge in [-0.15, -0.1) is 0 Å². The maximum absolute atomic E-state index is 11.1. The molecule has 7 heteroatoms. The number of aliphatic imine (C=N–C) groups is 1. The Morgan fingerprint density at radius 3 is 2.92 bits per heavy atom. The van der Waals surface area contributed by atoms with Crippen molar-refractivity contribution in [2.45, 2.75) is 19.3 Å². The number of allylic oxidation sites excluding steroid dienone is 1. The van der Waals surface area contributed by atoms with Crippen LogP contribution in [0.2, 0.25) is 5.02 Å². The van der Waals surface area contributed by atoms with E-state index in [0.29, 0.717) is 18.2 Å². The molecule has 2 aliphatic rings. The number of halogens is 1. The van der Waals surface area contributed by atoms with E-state index in [1.54, 1.807) is 0 Å². The Kier molecular flexibility index (Phi) is 3.76. The van der Waals surface area contributed by atoms with Crippen molar-refractivity contribution in [3.63, 3.8) is 0 Å². The van der Waals surface area contributed by atoms with E-state index in [0.717, 1.165) is 28.6 Å². The molecule has 1 aliphatic carbocycles. The molecule has 1 fully saturated rings. The maximum Gasteiger partial charge on any atom is 0.439 e. The zero-order valence-corrected chi connectivity index (χ0v) is 14.0. The van der Waals surface area contributed by atoms with Crippen LogP contribution in [0.4, 0.5) is 0 Å². The van der Waals surface area contributed by atoms with Crippen molar-refractivity contribution in [3.05, 3.63) is 56.8 Å². The summed E-state index contributed by atoms with van der Waals surface area (Å²) in [6.45, 7) is 0.470. The first-order chi connectivity index (χ1) is 11.6. The van der Waals surface area contributed by atoms with E-state index in [1.807, 2.05) is 24.1 Å². The highest BCUT2D eigenvalue weighted by Gasteiger charge is 2.23. The van der Waals surface area contributed by atoms with Crippen LogP contribution < -0.4 is 5.76 Å². The molecule has 24 heavy (non-hydrogen) atoms. The lowest BCUT2D eigenvalue weighted by molar-refractivity contribution is 0.385. The smallest absolute Gasteiger partial charge is 0.355 e. The van der Waals surface area contributed by atoms with E-state index in [2.05, 4.69) is 31.8 Å². The Labute approximate surface area is 143 Å². The van der Waals surface area contributed by atoms with E-state index in [9.17, 15) is 4.79 Å². The average molecular weight is 345 g/mol. The molecule has 0 unspecified atom stereocenters. The van der Waals surface area contributed by atoms with E-state index in [-0.39, 0.29) is 0 Å². The highest BCUT2D eigenvalue weighted by molar-refractivity contribution is 6.31. The molecule has 0 spiro atoms. The molecule has 0 radical (unpaired) electrons. The molecule has 0 saturated heterocycles. The van der Waals surface area contributed by atoms with E-state index < -0.39 is 5.76 Å². The third-order valence-electron chi connectivity index (χ3n) is 4.38. The molecule has 4 rings (SSSR count). The molecule has 0 bridgehead atoms. The summed E-state index contributed by atoms with van der Waals surface area (Å²) in [7, 11) is 1.96.